The van der Waals surface area contributed by atoms with E-state index in [2.05, 4.69) is 4.98 Å². The van der Waals surface area contributed by atoms with Gasteiger partial charge in [0.15, 0.2) is 5.58 Å². The van der Waals surface area contributed by atoms with Crippen LogP contribution in [0.4, 0.5) is 5.69 Å². The van der Waals surface area contributed by atoms with Gasteiger partial charge in [0.05, 0.1) is 4.92 Å². The summed E-state index contributed by atoms with van der Waals surface area (Å²) in [7, 11) is 0. The van der Waals surface area contributed by atoms with Gasteiger partial charge in [-0.1, -0.05) is 11.6 Å². The number of nitro benzene ring substituents is 1. The van der Waals surface area contributed by atoms with E-state index < -0.39 is 22.1 Å². The van der Waals surface area contributed by atoms with E-state index in [1.165, 1.54) is 6.07 Å². The molecule has 0 unspecified atom stereocenters. The van der Waals surface area contributed by atoms with Crippen molar-refractivity contribution in [3.8, 4) is 11.8 Å². The van der Waals surface area contributed by atoms with Crippen LogP contribution in [0.15, 0.2) is 40.8 Å². The predicted octanol–water partition coefficient (Wildman–Crippen LogP) is 3.88. The van der Waals surface area contributed by atoms with E-state index in [0.717, 1.165) is 12.1 Å². The van der Waals surface area contributed by atoms with Gasteiger partial charge in [0, 0.05) is 17.2 Å². The summed E-state index contributed by atoms with van der Waals surface area (Å²) in [5.41, 5.74) is -0.126. The minimum absolute atomic E-state index is 0.0469. The van der Waals surface area contributed by atoms with Gasteiger partial charge in [-0.2, -0.15) is 4.98 Å². The fraction of sp³-hybridized carbons (Fsp3) is 0. The van der Waals surface area contributed by atoms with Gasteiger partial charge in [-0.15, -0.1) is 0 Å². The first kappa shape index (κ1) is 14.8. The fourth-order valence-corrected chi connectivity index (χ4v) is 2.10. The zero-order valence-corrected chi connectivity index (χ0v) is 12.0. The average molecular weight is 335 g/mol. The summed E-state index contributed by atoms with van der Waals surface area (Å²) in [4.78, 5) is 25.2. The molecule has 0 bridgehead atoms. The summed E-state index contributed by atoms with van der Waals surface area (Å²) in [6.45, 7) is 0. The lowest BCUT2D eigenvalue weighted by Gasteiger charge is -2.02. The number of benzene rings is 2. The number of aromatic nitrogens is 1. The molecule has 0 spiro atoms. The quantitative estimate of drug-likeness (QED) is 0.568. The Bertz CT molecular complexity index is 936. The molecule has 2 aromatic carbocycles. The molecule has 9 heteroatoms. The highest BCUT2D eigenvalue weighted by molar-refractivity contribution is 6.31. The van der Waals surface area contributed by atoms with Crippen molar-refractivity contribution in [1.82, 2.24) is 4.98 Å². The van der Waals surface area contributed by atoms with Crippen LogP contribution in [-0.2, 0) is 0 Å². The van der Waals surface area contributed by atoms with Crippen LogP contribution < -0.4 is 4.74 Å². The molecule has 0 amide bonds. The Morgan fingerprint density at radius 3 is 2.78 bits per heavy atom. The molecule has 0 aliphatic heterocycles. The second kappa shape index (κ2) is 5.58. The third-order valence-corrected chi connectivity index (χ3v) is 3.17. The van der Waals surface area contributed by atoms with Gasteiger partial charge < -0.3 is 14.3 Å². The normalized spacial score (nSPS) is 10.7. The molecule has 1 N–H and O–H groups in total. The van der Waals surface area contributed by atoms with Crippen molar-refractivity contribution in [2.45, 2.75) is 0 Å². The van der Waals surface area contributed by atoms with Gasteiger partial charge in [-0.3, -0.25) is 10.1 Å². The Labute approximate surface area is 133 Å². The molecule has 3 aromatic rings. The van der Waals surface area contributed by atoms with Crippen molar-refractivity contribution in [2.75, 3.05) is 0 Å². The van der Waals surface area contributed by atoms with E-state index in [1.54, 1.807) is 18.2 Å². The number of hydrogen-bond acceptors (Lipinski definition) is 6. The first-order valence-electron chi connectivity index (χ1n) is 6.20. The van der Waals surface area contributed by atoms with Crippen molar-refractivity contribution in [3.05, 3.63) is 57.1 Å². The molecule has 0 aliphatic carbocycles. The van der Waals surface area contributed by atoms with Gasteiger partial charge >= 0.3 is 12.0 Å². The second-order valence-corrected chi connectivity index (χ2v) is 4.87. The van der Waals surface area contributed by atoms with Gasteiger partial charge in [0.2, 0.25) is 0 Å². The van der Waals surface area contributed by atoms with Gasteiger partial charge in [-0.05, 0) is 24.3 Å². The van der Waals surface area contributed by atoms with Crippen LogP contribution in [0.5, 0.6) is 11.8 Å². The molecular formula is C14H7ClN2O6. The summed E-state index contributed by atoms with van der Waals surface area (Å²) in [6.07, 6.45) is -0.132. The van der Waals surface area contributed by atoms with E-state index in [4.69, 9.17) is 25.9 Å². The Morgan fingerprint density at radius 1 is 1.30 bits per heavy atom. The van der Waals surface area contributed by atoms with E-state index >= 15 is 0 Å². The molecule has 1 aromatic heterocycles. The molecule has 0 saturated heterocycles. The van der Waals surface area contributed by atoms with Crippen molar-refractivity contribution < 1.29 is 24.0 Å². The Kier molecular flexibility index (Phi) is 3.59. The van der Waals surface area contributed by atoms with E-state index in [0.29, 0.717) is 16.1 Å². The summed E-state index contributed by atoms with van der Waals surface area (Å²) in [6, 6.07) is 8.13. The fourth-order valence-electron chi connectivity index (χ4n) is 1.93. The number of nitro groups is 1. The number of carbonyl (C=O) groups is 1. The number of hydrogen-bond donors (Lipinski definition) is 1. The number of aromatic carboxylic acids is 1. The Hall–Kier alpha value is -3.13. The lowest BCUT2D eigenvalue weighted by atomic mass is 10.2. The minimum Gasteiger partial charge on any atom is -0.477 e. The maximum Gasteiger partial charge on any atom is 0.400 e. The molecule has 1 heterocycles. The lowest BCUT2D eigenvalue weighted by Crippen LogP contribution is -2.02. The maximum atomic E-state index is 11.1. The van der Waals surface area contributed by atoms with Crippen molar-refractivity contribution in [1.29, 1.82) is 0 Å². The molecule has 3 rings (SSSR count). The van der Waals surface area contributed by atoms with E-state index in [1.807, 2.05) is 0 Å². The summed E-state index contributed by atoms with van der Waals surface area (Å²) >= 11 is 5.84. The van der Waals surface area contributed by atoms with Gasteiger partial charge in [0.1, 0.15) is 16.8 Å². The molecule has 8 nitrogen and oxygen atoms in total. The monoisotopic (exact) mass is 334 g/mol. The number of rotatable bonds is 4. The summed E-state index contributed by atoms with van der Waals surface area (Å²) < 4.78 is 10.7. The molecule has 0 radical (unpaired) electrons. The van der Waals surface area contributed by atoms with Crippen LogP contribution in [0.2, 0.25) is 5.02 Å². The average Bonchev–Trinajstić information content (AvgIpc) is 2.88. The number of oxazole rings is 1. The smallest absolute Gasteiger partial charge is 0.400 e. The molecule has 0 atom stereocenters. The van der Waals surface area contributed by atoms with Crippen LogP contribution in [0.3, 0.4) is 0 Å². The lowest BCUT2D eigenvalue weighted by molar-refractivity contribution is -0.385. The minimum atomic E-state index is -1.44. The molecule has 0 saturated carbocycles. The van der Waals surface area contributed by atoms with Gasteiger partial charge in [0.25, 0.3) is 5.69 Å². The molecule has 0 fully saturated rings. The maximum absolute atomic E-state index is 11.1. The molecule has 23 heavy (non-hydrogen) atoms. The van der Waals surface area contributed by atoms with Crippen molar-refractivity contribution in [3.63, 3.8) is 0 Å². The standard InChI is InChI=1S/C14H7ClN2O6/c15-7-1-4-12-10(5-7)16-14(23-12)22-8-2-3-11(17(20)21)9(6-8)13(18)19/h1-6H,(H,18,19). The first-order valence-corrected chi connectivity index (χ1v) is 6.57. The van der Waals surface area contributed by atoms with Crippen molar-refractivity contribution >= 4 is 34.4 Å². The van der Waals surface area contributed by atoms with Crippen LogP contribution in [0.1, 0.15) is 10.4 Å². The van der Waals surface area contributed by atoms with E-state index in [9.17, 15) is 14.9 Å². The molecule has 116 valence electrons. The molecule has 0 aliphatic rings. The van der Waals surface area contributed by atoms with Crippen LogP contribution in [0, 0.1) is 10.1 Å². The SMILES string of the molecule is O=C(O)c1cc(Oc2nc3cc(Cl)ccc3o2)ccc1[N+](=O)[O-]. The highest BCUT2D eigenvalue weighted by atomic mass is 35.5. The molecular weight excluding hydrogens is 328 g/mol. The van der Waals surface area contributed by atoms with Gasteiger partial charge in [-0.25, -0.2) is 4.79 Å². The number of halogens is 1. The topological polar surface area (TPSA) is 116 Å². The largest absolute Gasteiger partial charge is 0.477 e. The van der Waals surface area contributed by atoms with Crippen LogP contribution in [0.25, 0.3) is 11.1 Å². The summed E-state index contributed by atoms with van der Waals surface area (Å²) in [5, 5.41) is 20.3. The Balaban J connectivity index is 1.96. The first-order chi connectivity index (χ1) is 10.9. The highest BCUT2D eigenvalue weighted by Crippen LogP contribution is 2.30. The van der Waals surface area contributed by atoms with Crippen LogP contribution >= 0.6 is 11.6 Å². The third kappa shape index (κ3) is 2.92. The Morgan fingerprint density at radius 2 is 2.09 bits per heavy atom. The number of carboxylic acid groups (broad SMARTS) is 1. The predicted molar refractivity (Wildman–Crippen MR) is 79.1 cm³/mol. The zero-order chi connectivity index (χ0) is 16.6. The van der Waals surface area contributed by atoms with E-state index in [-0.39, 0.29) is 11.8 Å². The number of nitrogens with zero attached hydrogens (tertiary/aromatic N) is 2. The second-order valence-electron chi connectivity index (χ2n) is 4.44. The number of ether oxygens (including phenoxy) is 1. The zero-order valence-electron chi connectivity index (χ0n) is 11.2. The van der Waals surface area contributed by atoms with Crippen LogP contribution in [-0.4, -0.2) is 21.0 Å². The number of carboxylic acids is 1. The highest BCUT2D eigenvalue weighted by Gasteiger charge is 2.21. The third-order valence-electron chi connectivity index (χ3n) is 2.93. The van der Waals surface area contributed by atoms with Crippen molar-refractivity contribution in [2.24, 2.45) is 0 Å². The summed E-state index contributed by atoms with van der Waals surface area (Å²) in [5.74, 6) is -1.39. The number of fused-ring (bicyclic) bond motifs is 1.